The zero-order valence-electron chi connectivity index (χ0n) is 11.9. The van der Waals surface area contributed by atoms with Crippen molar-refractivity contribution in [1.29, 1.82) is 0 Å². The van der Waals surface area contributed by atoms with Gasteiger partial charge in [-0.25, -0.2) is 0 Å². The highest BCUT2D eigenvalue weighted by atomic mass is 16.5. The van der Waals surface area contributed by atoms with E-state index < -0.39 is 0 Å². The zero-order chi connectivity index (χ0) is 14.1. The van der Waals surface area contributed by atoms with Crippen molar-refractivity contribution in [3.05, 3.63) is 65.2 Å². The van der Waals surface area contributed by atoms with Crippen LogP contribution in [0.15, 0.2) is 48.5 Å². The Morgan fingerprint density at radius 2 is 2.00 bits per heavy atom. The van der Waals surface area contributed by atoms with Crippen LogP contribution in [0.3, 0.4) is 0 Å². The largest absolute Gasteiger partial charge is 0.489 e. The SMILES string of the molecule is c1ccc(COc2ccc3c(c2)CO[C@H]2CNC[C@@H]32)cc1. The molecule has 108 valence electrons. The third-order valence-corrected chi connectivity index (χ3v) is 4.37. The van der Waals surface area contributed by atoms with Crippen molar-refractivity contribution in [1.82, 2.24) is 5.32 Å². The van der Waals surface area contributed by atoms with E-state index in [1.165, 1.54) is 16.7 Å². The first-order valence-electron chi connectivity index (χ1n) is 7.52. The summed E-state index contributed by atoms with van der Waals surface area (Å²) in [4.78, 5) is 0. The molecular formula is C18H19NO2. The molecule has 0 radical (unpaired) electrons. The van der Waals surface area contributed by atoms with Crippen molar-refractivity contribution in [3.63, 3.8) is 0 Å². The van der Waals surface area contributed by atoms with Gasteiger partial charge in [0.1, 0.15) is 12.4 Å². The predicted octanol–water partition coefficient (Wildman–Crippen LogP) is 2.85. The number of hydrogen-bond donors (Lipinski definition) is 1. The minimum absolute atomic E-state index is 0.341. The van der Waals surface area contributed by atoms with Crippen molar-refractivity contribution >= 4 is 0 Å². The summed E-state index contributed by atoms with van der Waals surface area (Å²) in [5, 5.41) is 3.41. The summed E-state index contributed by atoms with van der Waals surface area (Å²) in [6.07, 6.45) is 0.341. The first-order chi connectivity index (χ1) is 10.4. The highest BCUT2D eigenvalue weighted by Crippen LogP contribution is 2.35. The Morgan fingerprint density at radius 1 is 1.10 bits per heavy atom. The Labute approximate surface area is 124 Å². The molecule has 4 rings (SSSR count). The summed E-state index contributed by atoms with van der Waals surface area (Å²) < 4.78 is 11.8. The molecule has 0 aliphatic carbocycles. The van der Waals surface area contributed by atoms with Gasteiger partial charge in [0, 0.05) is 19.0 Å². The van der Waals surface area contributed by atoms with E-state index in [4.69, 9.17) is 9.47 Å². The molecule has 2 aliphatic rings. The highest BCUT2D eigenvalue weighted by molar-refractivity contribution is 5.40. The van der Waals surface area contributed by atoms with Gasteiger partial charge in [0.05, 0.1) is 12.7 Å². The second-order valence-electron chi connectivity index (χ2n) is 5.75. The van der Waals surface area contributed by atoms with Crippen LogP contribution in [-0.4, -0.2) is 19.2 Å². The Kier molecular flexibility index (Phi) is 3.37. The Balaban J connectivity index is 1.51. The van der Waals surface area contributed by atoms with Crippen LogP contribution >= 0.6 is 0 Å². The van der Waals surface area contributed by atoms with Crippen LogP contribution in [0.4, 0.5) is 0 Å². The maximum Gasteiger partial charge on any atom is 0.120 e. The van der Waals surface area contributed by atoms with Crippen molar-refractivity contribution < 1.29 is 9.47 Å². The monoisotopic (exact) mass is 281 g/mol. The molecule has 1 N–H and O–H groups in total. The standard InChI is InChI=1S/C18H19NO2/c1-2-4-13(5-3-1)11-20-15-6-7-16-14(8-15)12-21-18-10-19-9-17(16)18/h1-8,17-19H,9-12H2/t17-,18-/m0/s1. The molecule has 21 heavy (non-hydrogen) atoms. The molecule has 2 atom stereocenters. The molecule has 3 nitrogen and oxygen atoms in total. The average molecular weight is 281 g/mol. The molecule has 2 aromatic rings. The van der Waals surface area contributed by atoms with Crippen LogP contribution in [0, 0.1) is 0 Å². The van der Waals surface area contributed by atoms with Crippen LogP contribution in [0.2, 0.25) is 0 Å². The molecule has 0 amide bonds. The number of rotatable bonds is 3. The van der Waals surface area contributed by atoms with E-state index in [9.17, 15) is 0 Å². The minimum atomic E-state index is 0.341. The summed E-state index contributed by atoms with van der Waals surface area (Å²) in [5.74, 6) is 1.42. The highest BCUT2D eigenvalue weighted by Gasteiger charge is 2.34. The van der Waals surface area contributed by atoms with Gasteiger partial charge >= 0.3 is 0 Å². The van der Waals surface area contributed by atoms with Gasteiger partial charge < -0.3 is 14.8 Å². The number of nitrogens with one attached hydrogen (secondary N) is 1. The second kappa shape index (κ2) is 5.51. The molecule has 0 aromatic heterocycles. The van der Waals surface area contributed by atoms with Crippen molar-refractivity contribution in [3.8, 4) is 5.75 Å². The zero-order valence-corrected chi connectivity index (χ0v) is 11.9. The lowest BCUT2D eigenvalue weighted by Crippen LogP contribution is -2.26. The summed E-state index contributed by atoms with van der Waals surface area (Å²) >= 11 is 0. The van der Waals surface area contributed by atoms with Crippen LogP contribution in [0.25, 0.3) is 0 Å². The number of benzene rings is 2. The van der Waals surface area contributed by atoms with E-state index in [-0.39, 0.29) is 0 Å². The first-order valence-corrected chi connectivity index (χ1v) is 7.52. The molecule has 2 aliphatic heterocycles. The molecule has 2 aromatic carbocycles. The summed E-state index contributed by atoms with van der Waals surface area (Å²) in [5.41, 5.74) is 3.88. The number of fused-ring (bicyclic) bond motifs is 3. The predicted molar refractivity (Wildman–Crippen MR) is 81.4 cm³/mol. The summed E-state index contributed by atoms with van der Waals surface area (Å²) in [7, 11) is 0. The van der Waals surface area contributed by atoms with Crippen LogP contribution in [0.5, 0.6) is 5.75 Å². The van der Waals surface area contributed by atoms with Crippen molar-refractivity contribution in [2.75, 3.05) is 13.1 Å². The fraction of sp³-hybridized carbons (Fsp3) is 0.333. The first kappa shape index (κ1) is 12.9. The van der Waals surface area contributed by atoms with Crippen LogP contribution in [-0.2, 0) is 18.0 Å². The normalized spacial score (nSPS) is 23.4. The van der Waals surface area contributed by atoms with Crippen molar-refractivity contribution in [2.45, 2.75) is 25.2 Å². The fourth-order valence-electron chi connectivity index (χ4n) is 3.24. The van der Waals surface area contributed by atoms with Gasteiger partial charge in [0.15, 0.2) is 0 Å². The van der Waals surface area contributed by atoms with Gasteiger partial charge in [-0.2, -0.15) is 0 Å². The maximum atomic E-state index is 5.93. The molecule has 0 saturated carbocycles. The van der Waals surface area contributed by atoms with E-state index in [0.29, 0.717) is 25.2 Å². The Bertz CT molecular complexity index is 626. The molecule has 1 saturated heterocycles. The molecule has 1 fully saturated rings. The van der Waals surface area contributed by atoms with E-state index >= 15 is 0 Å². The lowest BCUT2D eigenvalue weighted by Gasteiger charge is -2.28. The fourth-order valence-corrected chi connectivity index (χ4v) is 3.24. The van der Waals surface area contributed by atoms with Crippen LogP contribution < -0.4 is 10.1 Å². The maximum absolute atomic E-state index is 5.93. The quantitative estimate of drug-likeness (QED) is 0.938. The lowest BCUT2D eigenvalue weighted by molar-refractivity contribution is 0.0297. The lowest BCUT2D eigenvalue weighted by atomic mass is 9.89. The molecule has 0 unspecified atom stereocenters. The van der Waals surface area contributed by atoms with Gasteiger partial charge in [-0.15, -0.1) is 0 Å². The van der Waals surface area contributed by atoms with Gasteiger partial charge in [0.25, 0.3) is 0 Å². The van der Waals surface area contributed by atoms with Gasteiger partial charge in [-0.05, 0) is 28.8 Å². The molecule has 0 bridgehead atoms. The summed E-state index contributed by atoms with van der Waals surface area (Å²) in [6, 6.07) is 16.7. The van der Waals surface area contributed by atoms with E-state index in [0.717, 1.165) is 18.8 Å². The third kappa shape index (κ3) is 2.55. The molecular weight excluding hydrogens is 262 g/mol. The third-order valence-electron chi connectivity index (χ3n) is 4.37. The summed E-state index contributed by atoms with van der Waals surface area (Å²) in [6.45, 7) is 3.28. The Hall–Kier alpha value is -1.84. The molecule has 2 heterocycles. The van der Waals surface area contributed by atoms with Gasteiger partial charge in [-0.3, -0.25) is 0 Å². The minimum Gasteiger partial charge on any atom is -0.489 e. The van der Waals surface area contributed by atoms with E-state index in [2.05, 4.69) is 35.6 Å². The average Bonchev–Trinajstić information content (AvgIpc) is 3.02. The molecule has 3 heteroatoms. The van der Waals surface area contributed by atoms with E-state index in [1.54, 1.807) is 0 Å². The Morgan fingerprint density at radius 3 is 2.90 bits per heavy atom. The topological polar surface area (TPSA) is 30.5 Å². The van der Waals surface area contributed by atoms with Crippen LogP contribution in [0.1, 0.15) is 22.6 Å². The van der Waals surface area contributed by atoms with Crippen molar-refractivity contribution in [2.24, 2.45) is 0 Å². The smallest absolute Gasteiger partial charge is 0.120 e. The van der Waals surface area contributed by atoms with E-state index in [1.807, 2.05) is 18.2 Å². The van der Waals surface area contributed by atoms with Gasteiger partial charge in [0.2, 0.25) is 0 Å². The molecule has 0 spiro atoms. The second-order valence-corrected chi connectivity index (χ2v) is 5.75. The number of ether oxygens (including phenoxy) is 2. The van der Waals surface area contributed by atoms with Gasteiger partial charge in [-0.1, -0.05) is 36.4 Å². The number of hydrogen-bond acceptors (Lipinski definition) is 3.